The highest BCUT2D eigenvalue weighted by molar-refractivity contribution is 5.92. The lowest BCUT2D eigenvalue weighted by atomic mass is 10.2. The summed E-state index contributed by atoms with van der Waals surface area (Å²) in [4.78, 5) is 17.6. The first kappa shape index (κ1) is 15.3. The van der Waals surface area contributed by atoms with E-state index in [4.69, 9.17) is 9.52 Å². The standard InChI is InChI=1S/C15H21N3O3/c1-4-18(5-2)9-10(3)16-15-17-12-7-6-11(14(19)20)8-13(12)21-15/h6-8,10H,4-5,9H2,1-3H3,(H,16,17)(H,19,20). The Kier molecular flexibility index (Phi) is 4.80. The van der Waals surface area contributed by atoms with Gasteiger partial charge in [0.15, 0.2) is 5.58 Å². The van der Waals surface area contributed by atoms with Gasteiger partial charge in [0.1, 0.15) is 5.52 Å². The maximum Gasteiger partial charge on any atom is 0.335 e. The van der Waals surface area contributed by atoms with Crippen LogP contribution in [0.3, 0.4) is 0 Å². The van der Waals surface area contributed by atoms with Gasteiger partial charge in [-0.2, -0.15) is 4.98 Å². The number of nitrogens with zero attached hydrogens (tertiary/aromatic N) is 2. The molecule has 0 bridgehead atoms. The molecule has 1 heterocycles. The molecule has 2 rings (SSSR count). The van der Waals surface area contributed by atoms with Crippen LogP contribution in [0.25, 0.3) is 11.1 Å². The van der Waals surface area contributed by atoms with Gasteiger partial charge in [-0.15, -0.1) is 0 Å². The molecule has 0 aliphatic heterocycles. The number of carboxylic acids is 1. The lowest BCUT2D eigenvalue weighted by Crippen LogP contribution is -2.34. The molecule has 2 aromatic rings. The maximum atomic E-state index is 10.9. The quantitative estimate of drug-likeness (QED) is 0.816. The first-order valence-electron chi connectivity index (χ1n) is 7.16. The Morgan fingerprint density at radius 2 is 2.14 bits per heavy atom. The monoisotopic (exact) mass is 291 g/mol. The summed E-state index contributed by atoms with van der Waals surface area (Å²) in [6.45, 7) is 9.21. The number of carbonyl (C=O) groups is 1. The number of fused-ring (bicyclic) bond motifs is 1. The molecule has 2 N–H and O–H groups in total. The van der Waals surface area contributed by atoms with E-state index >= 15 is 0 Å². The smallest absolute Gasteiger partial charge is 0.335 e. The molecule has 0 aliphatic carbocycles. The second-order valence-electron chi connectivity index (χ2n) is 5.04. The van der Waals surface area contributed by atoms with Gasteiger partial charge in [0.2, 0.25) is 0 Å². The van der Waals surface area contributed by atoms with Crippen LogP contribution in [-0.2, 0) is 0 Å². The van der Waals surface area contributed by atoms with Crippen LogP contribution in [0, 0.1) is 0 Å². The molecule has 0 spiro atoms. The summed E-state index contributed by atoms with van der Waals surface area (Å²) in [7, 11) is 0. The molecule has 114 valence electrons. The van der Waals surface area contributed by atoms with Gasteiger partial charge in [-0.3, -0.25) is 0 Å². The van der Waals surface area contributed by atoms with E-state index in [9.17, 15) is 4.79 Å². The Labute approximate surface area is 123 Å². The fraction of sp³-hybridized carbons (Fsp3) is 0.467. The van der Waals surface area contributed by atoms with Crippen LogP contribution >= 0.6 is 0 Å². The minimum Gasteiger partial charge on any atom is -0.478 e. The summed E-state index contributed by atoms with van der Waals surface area (Å²) in [6.07, 6.45) is 0. The van der Waals surface area contributed by atoms with Crippen LogP contribution < -0.4 is 5.32 Å². The van der Waals surface area contributed by atoms with Crippen molar-refractivity contribution >= 4 is 23.1 Å². The predicted octanol–water partition coefficient (Wildman–Crippen LogP) is 2.67. The van der Waals surface area contributed by atoms with Gasteiger partial charge in [-0.05, 0) is 38.2 Å². The topological polar surface area (TPSA) is 78.6 Å². The number of benzene rings is 1. The van der Waals surface area contributed by atoms with E-state index in [1.165, 1.54) is 12.1 Å². The first-order chi connectivity index (χ1) is 10.0. The summed E-state index contributed by atoms with van der Waals surface area (Å²) in [6, 6.07) is 5.29. The van der Waals surface area contributed by atoms with Gasteiger partial charge < -0.3 is 19.7 Å². The second kappa shape index (κ2) is 6.58. The number of carboxylic acid groups (broad SMARTS) is 1. The van der Waals surface area contributed by atoms with E-state index in [0.717, 1.165) is 19.6 Å². The molecular formula is C15H21N3O3. The van der Waals surface area contributed by atoms with Crippen molar-refractivity contribution in [3.63, 3.8) is 0 Å². The van der Waals surface area contributed by atoms with Gasteiger partial charge in [0.25, 0.3) is 6.01 Å². The van der Waals surface area contributed by atoms with E-state index in [1.807, 2.05) is 0 Å². The van der Waals surface area contributed by atoms with Crippen LogP contribution in [0.5, 0.6) is 0 Å². The highest BCUT2D eigenvalue weighted by Crippen LogP contribution is 2.20. The third kappa shape index (κ3) is 3.72. The number of aromatic carboxylic acids is 1. The number of hydrogen-bond acceptors (Lipinski definition) is 5. The Hall–Kier alpha value is -2.08. The Balaban J connectivity index is 2.10. The predicted molar refractivity (Wildman–Crippen MR) is 81.8 cm³/mol. The van der Waals surface area contributed by atoms with E-state index < -0.39 is 5.97 Å². The highest BCUT2D eigenvalue weighted by Gasteiger charge is 2.13. The molecule has 1 aromatic heterocycles. The molecule has 6 heteroatoms. The third-order valence-corrected chi connectivity index (χ3v) is 3.43. The zero-order chi connectivity index (χ0) is 15.4. The Bertz CT molecular complexity index is 620. The molecule has 6 nitrogen and oxygen atoms in total. The van der Waals surface area contributed by atoms with Gasteiger partial charge in [0, 0.05) is 12.6 Å². The van der Waals surface area contributed by atoms with Crippen molar-refractivity contribution in [2.75, 3.05) is 25.0 Å². The number of likely N-dealkylation sites (N-methyl/N-ethyl adjacent to an activating group) is 1. The van der Waals surface area contributed by atoms with E-state index in [1.54, 1.807) is 6.07 Å². The Morgan fingerprint density at radius 3 is 2.76 bits per heavy atom. The van der Waals surface area contributed by atoms with Gasteiger partial charge in [0.05, 0.1) is 5.56 Å². The zero-order valence-electron chi connectivity index (χ0n) is 12.6. The van der Waals surface area contributed by atoms with Crippen molar-refractivity contribution in [2.24, 2.45) is 0 Å². The third-order valence-electron chi connectivity index (χ3n) is 3.43. The summed E-state index contributed by atoms with van der Waals surface area (Å²) in [5.74, 6) is -0.974. The van der Waals surface area contributed by atoms with E-state index in [2.05, 4.69) is 36.0 Å². The molecule has 1 atom stereocenters. The van der Waals surface area contributed by atoms with Crippen molar-refractivity contribution in [3.8, 4) is 0 Å². The van der Waals surface area contributed by atoms with Crippen molar-refractivity contribution in [2.45, 2.75) is 26.8 Å². The van der Waals surface area contributed by atoms with Crippen molar-refractivity contribution in [1.29, 1.82) is 0 Å². The summed E-state index contributed by atoms with van der Waals surface area (Å²) >= 11 is 0. The average Bonchev–Trinajstić information content (AvgIpc) is 2.85. The van der Waals surface area contributed by atoms with E-state index in [0.29, 0.717) is 17.1 Å². The minimum atomic E-state index is -0.974. The van der Waals surface area contributed by atoms with Crippen molar-refractivity contribution < 1.29 is 14.3 Å². The van der Waals surface area contributed by atoms with Crippen LogP contribution in [0.2, 0.25) is 0 Å². The van der Waals surface area contributed by atoms with E-state index in [-0.39, 0.29) is 11.6 Å². The summed E-state index contributed by atoms with van der Waals surface area (Å²) < 4.78 is 5.57. The molecule has 0 amide bonds. The van der Waals surface area contributed by atoms with Crippen LogP contribution in [-0.4, -0.2) is 46.6 Å². The van der Waals surface area contributed by atoms with Crippen LogP contribution in [0.1, 0.15) is 31.1 Å². The van der Waals surface area contributed by atoms with Crippen molar-refractivity contribution in [1.82, 2.24) is 9.88 Å². The average molecular weight is 291 g/mol. The first-order valence-corrected chi connectivity index (χ1v) is 7.16. The molecule has 0 saturated carbocycles. The van der Waals surface area contributed by atoms with Crippen molar-refractivity contribution in [3.05, 3.63) is 23.8 Å². The highest BCUT2D eigenvalue weighted by atomic mass is 16.4. The number of aromatic nitrogens is 1. The summed E-state index contributed by atoms with van der Waals surface area (Å²) in [5, 5.41) is 12.2. The molecular weight excluding hydrogens is 270 g/mol. The lowest BCUT2D eigenvalue weighted by Gasteiger charge is -2.22. The molecule has 0 radical (unpaired) electrons. The molecule has 1 aromatic carbocycles. The maximum absolute atomic E-state index is 10.9. The molecule has 1 unspecified atom stereocenters. The second-order valence-corrected chi connectivity index (χ2v) is 5.04. The normalized spacial score (nSPS) is 12.8. The minimum absolute atomic E-state index is 0.192. The fourth-order valence-corrected chi connectivity index (χ4v) is 2.24. The van der Waals surface area contributed by atoms with Gasteiger partial charge in [-0.25, -0.2) is 4.79 Å². The number of rotatable bonds is 7. The molecule has 0 saturated heterocycles. The van der Waals surface area contributed by atoms with Gasteiger partial charge in [-0.1, -0.05) is 13.8 Å². The molecule has 21 heavy (non-hydrogen) atoms. The lowest BCUT2D eigenvalue weighted by molar-refractivity contribution is 0.0697. The van der Waals surface area contributed by atoms with Gasteiger partial charge >= 0.3 is 5.97 Å². The SMILES string of the molecule is CCN(CC)CC(C)Nc1nc2ccc(C(=O)O)cc2o1. The summed E-state index contributed by atoms with van der Waals surface area (Å²) in [5.41, 5.74) is 1.33. The molecule has 0 aliphatic rings. The number of hydrogen-bond donors (Lipinski definition) is 2. The number of nitrogens with one attached hydrogen (secondary N) is 1. The number of oxazole rings is 1. The largest absolute Gasteiger partial charge is 0.478 e. The Morgan fingerprint density at radius 1 is 1.43 bits per heavy atom. The van der Waals surface area contributed by atoms with Crippen LogP contribution in [0.15, 0.2) is 22.6 Å². The number of anilines is 1. The molecule has 0 fully saturated rings. The fourth-order valence-electron chi connectivity index (χ4n) is 2.24. The van der Waals surface area contributed by atoms with Crippen LogP contribution in [0.4, 0.5) is 6.01 Å². The zero-order valence-corrected chi connectivity index (χ0v) is 12.6.